The maximum atomic E-state index is 12.8. The molecule has 7 nitrogen and oxygen atoms in total. The van der Waals surface area contributed by atoms with Crippen molar-refractivity contribution in [2.24, 2.45) is 0 Å². The molecule has 4 rings (SSSR count). The minimum Gasteiger partial charge on any atom is -0.406 e. The second kappa shape index (κ2) is 8.57. The van der Waals surface area contributed by atoms with Gasteiger partial charge in [-0.05, 0) is 42.7 Å². The summed E-state index contributed by atoms with van der Waals surface area (Å²) in [7, 11) is 0. The predicted octanol–water partition coefficient (Wildman–Crippen LogP) is 3.26. The molecule has 0 spiro atoms. The molecule has 2 heterocycles. The van der Waals surface area contributed by atoms with Gasteiger partial charge in [0.25, 0.3) is 5.91 Å². The van der Waals surface area contributed by atoms with E-state index in [4.69, 9.17) is 9.68 Å². The summed E-state index contributed by atoms with van der Waals surface area (Å²) < 4.78 is 5.92. The van der Waals surface area contributed by atoms with Gasteiger partial charge in [0.05, 0.1) is 11.6 Å². The molecule has 2 aromatic carbocycles. The van der Waals surface area contributed by atoms with Crippen molar-refractivity contribution in [3.8, 4) is 6.07 Å². The Morgan fingerprint density at radius 1 is 1.10 bits per heavy atom. The van der Waals surface area contributed by atoms with Crippen molar-refractivity contribution in [2.45, 2.75) is 25.3 Å². The molecule has 1 fully saturated rings. The molecule has 1 atom stereocenters. The van der Waals surface area contributed by atoms with E-state index in [-0.39, 0.29) is 5.91 Å². The number of rotatable bonds is 6. The van der Waals surface area contributed by atoms with E-state index in [1.54, 1.807) is 24.3 Å². The zero-order valence-electron chi connectivity index (χ0n) is 15.9. The average Bonchev–Trinajstić information content (AvgIpc) is 3.46. The van der Waals surface area contributed by atoms with Gasteiger partial charge in [-0.15, -0.1) is 5.10 Å². The molecule has 1 N–H and O–H groups in total. The van der Waals surface area contributed by atoms with Crippen LogP contribution in [0.4, 0.5) is 6.01 Å². The first-order chi connectivity index (χ1) is 14.2. The first-order valence-electron chi connectivity index (χ1n) is 9.66. The fraction of sp³-hybridized carbons (Fsp3) is 0.273. The Morgan fingerprint density at radius 2 is 1.83 bits per heavy atom. The summed E-state index contributed by atoms with van der Waals surface area (Å²) in [5.41, 5.74) is 2.04. The second-order valence-corrected chi connectivity index (χ2v) is 7.02. The minimum atomic E-state index is -0.454. The number of carbonyl (C=O) groups excluding carboxylic acids is 1. The average molecular weight is 387 g/mol. The van der Waals surface area contributed by atoms with Crippen LogP contribution in [0, 0.1) is 11.3 Å². The van der Waals surface area contributed by atoms with Crippen LogP contribution in [0.25, 0.3) is 0 Å². The summed E-state index contributed by atoms with van der Waals surface area (Å²) in [5, 5.41) is 20.3. The van der Waals surface area contributed by atoms with Gasteiger partial charge in [-0.25, -0.2) is 0 Å². The highest BCUT2D eigenvalue weighted by Crippen LogP contribution is 2.24. The lowest BCUT2D eigenvalue weighted by molar-refractivity contribution is 0.0930. The lowest BCUT2D eigenvalue weighted by Crippen LogP contribution is -2.30. The molecular formula is C22H21N5O2. The van der Waals surface area contributed by atoms with E-state index >= 15 is 0 Å². The Bertz CT molecular complexity index is 1000. The van der Waals surface area contributed by atoms with Gasteiger partial charge in [0, 0.05) is 25.1 Å². The summed E-state index contributed by atoms with van der Waals surface area (Å²) in [5.74, 6) is 0.133. The number of nitriles is 1. The van der Waals surface area contributed by atoms with Crippen molar-refractivity contribution in [2.75, 3.05) is 18.0 Å². The maximum absolute atomic E-state index is 12.8. The number of hydrogen-bond donors (Lipinski definition) is 1. The van der Waals surface area contributed by atoms with E-state index in [0.29, 0.717) is 29.5 Å². The zero-order valence-corrected chi connectivity index (χ0v) is 15.9. The quantitative estimate of drug-likeness (QED) is 0.698. The number of benzene rings is 2. The van der Waals surface area contributed by atoms with Gasteiger partial charge in [0.2, 0.25) is 5.89 Å². The Kier molecular flexibility index (Phi) is 5.52. The molecule has 1 amide bonds. The van der Waals surface area contributed by atoms with E-state index in [0.717, 1.165) is 31.5 Å². The van der Waals surface area contributed by atoms with Crippen molar-refractivity contribution in [3.63, 3.8) is 0 Å². The Labute approximate surface area is 169 Å². The standard InChI is InChI=1S/C22H21N5O2/c23-15-17-8-10-18(11-9-17)20(28)24-19(14-16-6-2-1-3-7-16)21-25-26-22(29-21)27-12-4-5-13-27/h1-3,6-11,19H,4-5,12-14H2,(H,24,28)/t19-/m0/s1. The van der Waals surface area contributed by atoms with Crippen molar-refractivity contribution in [1.82, 2.24) is 15.5 Å². The van der Waals surface area contributed by atoms with Crippen LogP contribution in [0.1, 0.15) is 46.3 Å². The molecule has 1 saturated heterocycles. The molecule has 29 heavy (non-hydrogen) atoms. The number of aromatic nitrogens is 2. The van der Waals surface area contributed by atoms with Crippen LogP contribution in [-0.4, -0.2) is 29.2 Å². The molecule has 0 aliphatic carbocycles. The molecule has 1 aromatic heterocycles. The largest absolute Gasteiger partial charge is 0.406 e. The fourth-order valence-corrected chi connectivity index (χ4v) is 3.39. The van der Waals surface area contributed by atoms with Crippen LogP contribution in [0.2, 0.25) is 0 Å². The van der Waals surface area contributed by atoms with E-state index in [2.05, 4.69) is 26.5 Å². The molecule has 1 aliphatic heterocycles. The van der Waals surface area contributed by atoms with E-state index < -0.39 is 6.04 Å². The van der Waals surface area contributed by atoms with Crippen molar-refractivity contribution in [1.29, 1.82) is 5.26 Å². The van der Waals surface area contributed by atoms with E-state index in [9.17, 15) is 4.79 Å². The Hall–Kier alpha value is -3.66. The maximum Gasteiger partial charge on any atom is 0.318 e. The SMILES string of the molecule is N#Cc1ccc(C(=O)N[C@@H](Cc2ccccc2)c2nnc(N3CCCC3)o2)cc1. The third kappa shape index (κ3) is 4.43. The first kappa shape index (κ1) is 18.7. The van der Waals surface area contributed by atoms with Crippen LogP contribution < -0.4 is 10.2 Å². The predicted molar refractivity (Wildman–Crippen MR) is 107 cm³/mol. The molecule has 3 aromatic rings. The molecular weight excluding hydrogens is 366 g/mol. The van der Waals surface area contributed by atoms with Crippen molar-refractivity contribution < 1.29 is 9.21 Å². The van der Waals surface area contributed by atoms with Crippen LogP contribution in [-0.2, 0) is 6.42 Å². The molecule has 0 bridgehead atoms. The number of amides is 1. The highest BCUT2D eigenvalue weighted by molar-refractivity contribution is 5.94. The minimum absolute atomic E-state index is 0.253. The van der Waals surface area contributed by atoms with E-state index in [1.807, 2.05) is 30.3 Å². The first-order valence-corrected chi connectivity index (χ1v) is 9.66. The fourth-order valence-electron chi connectivity index (χ4n) is 3.39. The molecule has 0 saturated carbocycles. The number of carbonyl (C=O) groups is 1. The summed E-state index contributed by atoms with van der Waals surface area (Å²) in [6.07, 6.45) is 2.76. The van der Waals surface area contributed by atoms with E-state index in [1.165, 1.54) is 0 Å². The lowest BCUT2D eigenvalue weighted by atomic mass is 10.0. The highest BCUT2D eigenvalue weighted by Gasteiger charge is 2.25. The monoisotopic (exact) mass is 387 g/mol. The van der Waals surface area contributed by atoms with Gasteiger partial charge in [-0.2, -0.15) is 5.26 Å². The van der Waals surface area contributed by atoms with Gasteiger partial charge >= 0.3 is 6.01 Å². The van der Waals surface area contributed by atoms with Crippen molar-refractivity contribution in [3.05, 3.63) is 77.2 Å². The normalized spacial score (nSPS) is 14.4. The molecule has 146 valence electrons. The third-order valence-electron chi connectivity index (χ3n) is 4.97. The number of nitrogens with zero attached hydrogens (tertiary/aromatic N) is 4. The summed E-state index contributed by atoms with van der Waals surface area (Å²) in [6.45, 7) is 1.81. The van der Waals surface area contributed by atoms with Gasteiger partial charge in [-0.1, -0.05) is 35.4 Å². The highest BCUT2D eigenvalue weighted by atomic mass is 16.4. The van der Waals surface area contributed by atoms with Crippen LogP contribution >= 0.6 is 0 Å². The van der Waals surface area contributed by atoms with Crippen LogP contribution in [0.5, 0.6) is 0 Å². The van der Waals surface area contributed by atoms with Gasteiger partial charge < -0.3 is 14.6 Å². The lowest BCUT2D eigenvalue weighted by Gasteiger charge is -2.16. The molecule has 7 heteroatoms. The Balaban J connectivity index is 1.56. The van der Waals surface area contributed by atoms with Crippen molar-refractivity contribution >= 4 is 11.9 Å². The number of hydrogen-bond acceptors (Lipinski definition) is 6. The van der Waals surface area contributed by atoms with Gasteiger partial charge in [0.1, 0.15) is 6.04 Å². The Morgan fingerprint density at radius 3 is 2.52 bits per heavy atom. The molecule has 1 aliphatic rings. The van der Waals surface area contributed by atoms with Gasteiger partial charge in [-0.3, -0.25) is 4.79 Å². The van der Waals surface area contributed by atoms with Crippen LogP contribution in [0.15, 0.2) is 59.0 Å². The summed E-state index contributed by atoms with van der Waals surface area (Å²) >= 11 is 0. The van der Waals surface area contributed by atoms with Crippen LogP contribution in [0.3, 0.4) is 0 Å². The van der Waals surface area contributed by atoms with Gasteiger partial charge in [0.15, 0.2) is 0 Å². The smallest absolute Gasteiger partial charge is 0.318 e. The third-order valence-corrected chi connectivity index (χ3v) is 4.97. The topological polar surface area (TPSA) is 95.0 Å². The summed E-state index contributed by atoms with van der Waals surface area (Å²) in [6, 6.07) is 18.5. The zero-order chi connectivity index (χ0) is 20.1. The second-order valence-electron chi connectivity index (χ2n) is 7.02. The number of anilines is 1. The number of nitrogens with one attached hydrogen (secondary N) is 1. The molecule has 0 radical (unpaired) electrons. The summed E-state index contributed by atoms with van der Waals surface area (Å²) in [4.78, 5) is 14.9. The molecule has 0 unspecified atom stereocenters.